The van der Waals surface area contributed by atoms with Gasteiger partial charge in [0.25, 0.3) is 5.91 Å². The zero-order chi connectivity index (χ0) is 16.9. The van der Waals surface area contributed by atoms with Crippen LogP contribution in [0.15, 0.2) is 53.9 Å². The van der Waals surface area contributed by atoms with E-state index >= 15 is 0 Å². The van der Waals surface area contributed by atoms with Crippen LogP contribution in [-0.4, -0.2) is 17.4 Å². The average Bonchev–Trinajstić information content (AvgIpc) is 3.04. The van der Waals surface area contributed by atoms with Crippen molar-refractivity contribution in [2.24, 2.45) is 0 Å². The number of hydrogen-bond acceptors (Lipinski definition) is 3. The molecule has 0 aliphatic rings. The minimum atomic E-state index is -0.119. The second-order valence-electron chi connectivity index (χ2n) is 5.53. The fourth-order valence-corrected chi connectivity index (χ4v) is 3.41. The molecule has 0 radical (unpaired) electrons. The van der Waals surface area contributed by atoms with E-state index in [4.69, 9.17) is 11.6 Å². The van der Waals surface area contributed by atoms with Gasteiger partial charge >= 0.3 is 0 Å². The number of aryl methyl sites for hydroxylation is 1. The molecule has 2 aromatic carbocycles. The van der Waals surface area contributed by atoms with Gasteiger partial charge in [-0.3, -0.25) is 4.79 Å². The summed E-state index contributed by atoms with van der Waals surface area (Å²) in [4.78, 5) is 16.7. The van der Waals surface area contributed by atoms with Crippen LogP contribution in [0.2, 0.25) is 5.02 Å². The van der Waals surface area contributed by atoms with Gasteiger partial charge in [-0.25, -0.2) is 4.98 Å². The van der Waals surface area contributed by atoms with E-state index in [0.29, 0.717) is 23.6 Å². The van der Waals surface area contributed by atoms with Gasteiger partial charge in [0.2, 0.25) is 0 Å². The molecular formula is C19H17ClN2OS. The first kappa shape index (κ1) is 16.7. The minimum Gasteiger partial charge on any atom is -0.352 e. The number of nitrogens with zero attached hydrogens (tertiary/aromatic N) is 1. The molecular weight excluding hydrogens is 340 g/mol. The van der Waals surface area contributed by atoms with Gasteiger partial charge in [-0.15, -0.1) is 11.3 Å². The Morgan fingerprint density at radius 3 is 2.83 bits per heavy atom. The predicted molar refractivity (Wildman–Crippen MR) is 99.8 cm³/mol. The van der Waals surface area contributed by atoms with E-state index in [1.165, 1.54) is 5.56 Å². The van der Waals surface area contributed by atoms with Crippen LogP contribution in [-0.2, 0) is 6.42 Å². The Bertz CT molecular complexity index is 860. The molecule has 1 amide bonds. The van der Waals surface area contributed by atoms with Crippen LogP contribution < -0.4 is 5.32 Å². The van der Waals surface area contributed by atoms with Crippen molar-refractivity contribution in [1.29, 1.82) is 0 Å². The molecule has 24 heavy (non-hydrogen) atoms. The molecule has 122 valence electrons. The third-order valence-corrected chi connectivity index (χ3v) is 4.75. The molecule has 0 atom stereocenters. The van der Waals surface area contributed by atoms with E-state index in [-0.39, 0.29) is 5.91 Å². The summed E-state index contributed by atoms with van der Waals surface area (Å²) in [5.74, 6) is -0.119. The zero-order valence-corrected chi connectivity index (χ0v) is 14.8. The Hall–Kier alpha value is -2.17. The molecule has 3 nitrogen and oxygen atoms in total. The zero-order valence-electron chi connectivity index (χ0n) is 13.3. The molecule has 5 heteroatoms. The van der Waals surface area contributed by atoms with Gasteiger partial charge in [-0.05, 0) is 31.2 Å². The van der Waals surface area contributed by atoms with Crippen LogP contribution in [0.3, 0.4) is 0 Å². The van der Waals surface area contributed by atoms with E-state index < -0.39 is 0 Å². The standard InChI is InChI=1S/C19H17ClN2OS/c1-13-4-2-6-15(10-13)19-22-17(12-24-19)8-9-21-18(23)14-5-3-7-16(20)11-14/h2-7,10-12H,8-9H2,1H3,(H,21,23). The lowest BCUT2D eigenvalue weighted by Gasteiger charge is -2.04. The molecule has 0 fully saturated rings. The number of amides is 1. The topological polar surface area (TPSA) is 42.0 Å². The number of thiazole rings is 1. The third kappa shape index (κ3) is 4.22. The van der Waals surface area contributed by atoms with Gasteiger partial charge in [0.15, 0.2) is 0 Å². The summed E-state index contributed by atoms with van der Waals surface area (Å²) in [7, 11) is 0. The molecule has 0 aliphatic carbocycles. The molecule has 0 saturated carbocycles. The molecule has 0 saturated heterocycles. The number of hydrogen-bond donors (Lipinski definition) is 1. The number of aromatic nitrogens is 1. The monoisotopic (exact) mass is 356 g/mol. The first-order valence-corrected chi connectivity index (χ1v) is 8.93. The second kappa shape index (κ2) is 7.60. The maximum atomic E-state index is 12.1. The van der Waals surface area contributed by atoms with Crippen molar-refractivity contribution in [3.63, 3.8) is 0 Å². The van der Waals surface area contributed by atoms with Crippen molar-refractivity contribution in [1.82, 2.24) is 10.3 Å². The summed E-state index contributed by atoms with van der Waals surface area (Å²) < 4.78 is 0. The summed E-state index contributed by atoms with van der Waals surface area (Å²) >= 11 is 7.53. The second-order valence-corrected chi connectivity index (χ2v) is 6.82. The van der Waals surface area contributed by atoms with Crippen molar-refractivity contribution in [3.05, 3.63) is 75.8 Å². The van der Waals surface area contributed by atoms with E-state index in [1.54, 1.807) is 35.6 Å². The smallest absolute Gasteiger partial charge is 0.251 e. The maximum Gasteiger partial charge on any atom is 0.251 e. The van der Waals surface area contributed by atoms with Crippen molar-refractivity contribution >= 4 is 28.8 Å². The van der Waals surface area contributed by atoms with E-state index in [1.807, 2.05) is 11.4 Å². The Labute approximate surface area is 150 Å². The fraction of sp³-hybridized carbons (Fsp3) is 0.158. The number of nitrogens with one attached hydrogen (secondary N) is 1. The van der Waals surface area contributed by atoms with Gasteiger partial charge in [-0.2, -0.15) is 0 Å². The SMILES string of the molecule is Cc1cccc(-c2nc(CCNC(=O)c3cccc(Cl)c3)cs2)c1. The lowest BCUT2D eigenvalue weighted by atomic mass is 10.1. The molecule has 1 N–H and O–H groups in total. The molecule has 1 heterocycles. The molecule has 0 bridgehead atoms. The highest BCUT2D eigenvalue weighted by Gasteiger charge is 2.07. The number of carbonyl (C=O) groups excluding carboxylic acids is 1. The van der Waals surface area contributed by atoms with Gasteiger partial charge in [-0.1, -0.05) is 41.4 Å². The average molecular weight is 357 g/mol. The van der Waals surface area contributed by atoms with Gasteiger partial charge < -0.3 is 5.32 Å². The number of benzene rings is 2. The van der Waals surface area contributed by atoms with Crippen molar-refractivity contribution in [2.75, 3.05) is 6.54 Å². The Balaban J connectivity index is 1.57. The first-order chi connectivity index (χ1) is 11.6. The third-order valence-electron chi connectivity index (χ3n) is 3.57. The van der Waals surface area contributed by atoms with Crippen molar-refractivity contribution in [3.8, 4) is 10.6 Å². The van der Waals surface area contributed by atoms with Crippen LogP contribution in [0.5, 0.6) is 0 Å². The van der Waals surface area contributed by atoms with E-state index in [0.717, 1.165) is 16.3 Å². The van der Waals surface area contributed by atoms with Crippen molar-refractivity contribution < 1.29 is 4.79 Å². The highest BCUT2D eigenvalue weighted by atomic mass is 35.5. The molecule has 0 aliphatic heterocycles. The molecule has 3 aromatic rings. The van der Waals surface area contributed by atoms with E-state index in [2.05, 4.69) is 35.4 Å². The van der Waals surface area contributed by atoms with Crippen molar-refractivity contribution in [2.45, 2.75) is 13.3 Å². The van der Waals surface area contributed by atoms with E-state index in [9.17, 15) is 4.79 Å². The highest BCUT2D eigenvalue weighted by Crippen LogP contribution is 2.24. The van der Waals surface area contributed by atoms with Crippen LogP contribution in [0, 0.1) is 6.92 Å². The van der Waals surface area contributed by atoms with Gasteiger partial charge in [0, 0.05) is 34.5 Å². The molecule has 0 spiro atoms. The van der Waals surface area contributed by atoms with Gasteiger partial charge in [0.05, 0.1) is 5.69 Å². The quantitative estimate of drug-likeness (QED) is 0.717. The minimum absolute atomic E-state index is 0.119. The molecule has 0 unspecified atom stereocenters. The Morgan fingerprint density at radius 1 is 1.21 bits per heavy atom. The van der Waals surface area contributed by atoms with Crippen LogP contribution in [0.25, 0.3) is 10.6 Å². The molecule has 1 aromatic heterocycles. The normalized spacial score (nSPS) is 10.6. The Morgan fingerprint density at radius 2 is 2.04 bits per heavy atom. The largest absolute Gasteiger partial charge is 0.352 e. The highest BCUT2D eigenvalue weighted by molar-refractivity contribution is 7.13. The molecule has 3 rings (SSSR count). The summed E-state index contributed by atoms with van der Waals surface area (Å²) in [6.45, 7) is 2.62. The van der Waals surface area contributed by atoms with Crippen LogP contribution >= 0.6 is 22.9 Å². The summed E-state index contributed by atoms with van der Waals surface area (Å²) in [5, 5.41) is 6.51. The maximum absolute atomic E-state index is 12.1. The lowest BCUT2D eigenvalue weighted by molar-refractivity contribution is 0.0954. The first-order valence-electron chi connectivity index (χ1n) is 7.67. The summed E-state index contributed by atoms with van der Waals surface area (Å²) in [5.41, 5.74) is 3.91. The predicted octanol–water partition coefficient (Wildman–Crippen LogP) is 4.74. The fourth-order valence-electron chi connectivity index (χ4n) is 2.37. The van der Waals surface area contributed by atoms with Crippen LogP contribution in [0.1, 0.15) is 21.6 Å². The summed E-state index contributed by atoms with van der Waals surface area (Å²) in [6, 6.07) is 15.2. The Kier molecular flexibility index (Phi) is 5.28. The number of rotatable bonds is 5. The van der Waals surface area contributed by atoms with Gasteiger partial charge in [0.1, 0.15) is 5.01 Å². The number of halogens is 1. The van der Waals surface area contributed by atoms with Crippen LogP contribution in [0.4, 0.5) is 0 Å². The lowest BCUT2D eigenvalue weighted by Crippen LogP contribution is -2.25. The summed E-state index contributed by atoms with van der Waals surface area (Å²) in [6.07, 6.45) is 0.703. The number of carbonyl (C=O) groups is 1.